The van der Waals surface area contributed by atoms with Crippen LogP contribution in [0.25, 0.3) is 10.9 Å². The highest BCUT2D eigenvalue weighted by Crippen LogP contribution is 2.40. The average Bonchev–Trinajstić information content (AvgIpc) is 3.11. The summed E-state index contributed by atoms with van der Waals surface area (Å²) in [5.74, 6) is 0.834. The summed E-state index contributed by atoms with van der Waals surface area (Å²) in [6, 6.07) is 1.71. The minimum Gasteiger partial charge on any atom is -0.387 e. The predicted molar refractivity (Wildman–Crippen MR) is 92.8 cm³/mol. The Labute approximate surface area is 152 Å². The van der Waals surface area contributed by atoms with E-state index in [0.29, 0.717) is 22.3 Å². The van der Waals surface area contributed by atoms with Crippen molar-refractivity contribution in [2.24, 2.45) is 10.8 Å². The van der Waals surface area contributed by atoms with Gasteiger partial charge in [-0.1, -0.05) is 0 Å². The molecule has 0 spiro atoms. The average molecular weight is 399 g/mol. The van der Waals surface area contributed by atoms with Crippen LogP contribution in [0, 0.1) is 0 Å². The zero-order chi connectivity index (χ0) is 19.5. The fourth-order valence-electron chi connectivity index (χ4n) is 3.37. The fraction of sp³-hybridized carbons (Fsp3) is 0.429. The van der Waals surface area contributed by atoms with Crippen LogP contribution in [0.2, 0.25) is 0 Å². The lowest BCUT2D eigenvalue weighted by molar-refractivity contribution is -0.0499. The van der Waals surface area contributed by atoms with E-state index in [-0.39, 0.29) is 5.84 Å². The summed E-state index contributed by atoms with van der Waals surface area (Å²) in [4.78, 5) is 21.9. The Morgan fingerprint density at radius 3 is 2.81 bits per heavy atom. The number of phosphoric ester groups is 1. The quantitative estimate of drug-likeness (QED) is 0.394. The van der Waals surface area contributed by atoms with Crippen LogP contribution >= 0.6 is 7.82 Å². The summed E-state index contributed by atoms with van der Waals surface area (Å²) < 4.78 is 22.5. The molecule has 0 radical (unpaired) electrons. The molecular weight excluding hydrogens is 381 g/mol. The highest BCUT2D eigenvalue weighted by Gasteiger charge is 2.45. The number of aliphatic hydroxyl groups is 2. The number of aliphatic hydroxyl groups excluding tert-OH is 2. The first-order chi connectivity index (χ1) is 12.7. The Morgan fingerprint density at radius 2 is 2.11 bits per heavy atom. The molecule has 1 saturated heterocycles. The van der Waals surface area contributed by atoms with Crippen molar-refractivity contribution in [1.82, 2.24) is 9.55 Å². The largest absolute Gasteiger partial charge is 0.469 e. The molecule has 2 aliphatic rings. The van der Waals surface area contributed by atoms with Crippen molar-refractivity contribution in [1.29, 1.82) is 0 Å². The van der Waals surface area contributed by atoms with Crippen LogP contribution in [0.15, 0.2) is 23.6 Å². The first-order valence-electron chi connectivity index (χ1n) is 7.97. The second-order valence-electron chi connectivity index (χ2n) is 6.32. The van der Waals surface area contributed by atoms with Crippen LogP contribution in [-0.4, -0.2) is 67.4 Å². The van der Waals surface area contributed by atoms with Gasteiger partial charge in [0, 0.05) is 25.0 Å². The second-order valence-corrected chi connectivity index (χ2v) is 7.56. The van der Waals surface area contributed by atoms with E-state index in [1.54, 1.807) is 30.1 Å². The van der Waals surface area contributed by atoms with E-state index in [4.69, 9.17) is 20.3 Å². The normalized spacial score (nSPS) is 28.0. The summed E-state index contributed by atoms with van der Waals surface area (Å²) in [7, 11) is -3.03. The molecule has 0 aromatic carbocycles. The van der Waals surface area contributed by atoms with Crippen LogP contribution < -0.4 is 10.7 Å². The van der Waals surface area contributed by atoms with Crippen molar-refractivity contribution in [3.8, 4) is 0 Å². The summed E-state index contributed by atoms with van der Waals surface area (Å²) in [6.45, 7) is -0.579. The second kappa shape index (κ2) is 6.24. The first-order valence-corrected chi connectivity index (χ1v) is 9.50. The Balaban J connectivity index is 1.72. The van der Waals surface area contributed by atoms with Gasteiger partial charge in [0.15, 0.2) is 17.9 Å². The molecule has 27 heavy (non-hydrogen) atoms. The van der Waals surface area contributed by atoms with E-state index in [2.05, 4.69) is 14.6 Å². The summed E-state index contributed by atoms with van der Waals surface area (Å²) in [5.41, 5.74) is 7.25. The standard InChI is InChI=1S/C14H18N5O7P/c1-18-13-9-6(12(15)17-18)4-19(7(9)2-3-16-13)14-11(21)10(20)8(26-14)5-25-27(22,23)24/h2-4,8,10-11,14,20-21H,5H2,1H3,(H2,15,17)(H2,22,23,24)/t8-,10?,11-,14-/m1/s1. The van der Waals surface area contributed by atoms with Gasteiger partial charge in [-0.25, -0.2) is 14.6 Å². The Morgan fingerprint density at radius 1 is 1.37 bits per heavy atom. The summed E-state index contributed by atoms with van der Waals surface area (Å²) in [6.07, 6.45) is -1.70. The van der Waals surface area contributed by atoms with Gasteiger partial charge in [0.2, 0.25) is 0 Å². The smallest absolute Gasteiger partial charge is 0.387 e. The van der Waals surface area contributed by atoms with Crippen LogP contribution in [-0.2, 0) is 13.8 Å². The number of ether oxygens (including phenoxy) is 1. The number of hydrogen-bond acceptors (Lipinski definition) is 9. The third-order valence-corrected chi connectivity index (χ3v) is 5.07. The SMILES string of the molecule is CN1N=C(N)c2cn([C@@H]3O[C@H](COP(=O)(O)O)C(O)[C@H]3O)c3ccnc1c23. The van der Waals surface area contributed by atoms with E-state index < -0.39 is 39.0 Å². The van der Waals surface area contributed by atoms with E-state index in [0.717, 1.165) is 0 Å². The maximum Gasteiger partial charge on any atom is 0.469 e. The number of phosphoric acid groups is 1. The number of aromatic nitrogens is 2. The molecule has 0 aliphatic carbocycles. The number of nitrogens with two attached hydrogens (primary N) is 1. The van der Waals surface area contributed by atoms with Crippen molar-refractivity contribution in [3.63, 3.8) is 0 Å². The number of hydrogen-bond donors (Lipinski definition) is 5. The molecule has 1 unspecified atom stereocenters. The van der Waals surface area contributed by atoms with Gasteiger partial charge in [-0.15, -0.1) is 0 Å². The van der Waals surface area contributed by atoms with Crippen LogP contribution in [0.3, 0.4) is 0 Å². The minimum absolute atomic E-state index is 0.260. The summed E-state index contributed by atoms with van der Waals surface area (Å²) >= 11 is 0. The molecule has 0 saturated carbocycles. The maximum atomic E-state index is 10.9. The lowest BCUT2D eigenvalue weighted by Crippen LogP contribution is -2.33. The van der Waals surface area contributed by atoms with Crippen LogP contribution in [0.4, 0.5) is 5.82 Å². The lowest BCUT2D eigenvalue weighted by Gasteiger charge is -2.19. The van der Waals surface area contributed by atoms with Gasteiger partial charge in [0.05, 0.1) is 17.5 Å². The molecule has 0 amide bonds. The van der Waals surface area contributed by atoms with Crippen molar-refractivity contribution in [2.45, 2.75) is 24.5 Å². The molecule has 0 bridgehead atoms. The predicted octanol–water partition coefficient (Wildman–Crippen LogP) is -1.17. The Bertz CT molecular complexity index is 972. The monoisotopic (exact) mass is 399 g/mol. The molecule has 4 heterocycles. The molecule has 1 fully saturated rings. The van der Waals surface area contributed by atoms with Crippen molar-refractivity contribution < 1.29 is 33.8 Å². The molecule has 6 N–H and O–H groups in total. The Kier molecular flexibility index (Phi) is 4.24. The maximum absolute atomic E-state index is 10.9. The van der Waals surface area contributed by atoms with Gasteiger partial charge >= 0.3 is 7.82 Å². The highest BCUT2D eigenvalue weighted by atomic mass is 31.2. The molecule has 2 aromatic rings. The molecule has 12 nitrogen and oxygen atoms in total. The zero-order valence-electron chi connectivity index (χ0n) is 14.1. The van der Waals surface area contributed by atoms with E-state index >= 15 is 0 Å². The van der Waals surface area contributed by atoms with Gasteiger partial charge in [0.1, 0.15) is 18.3 Å². The topological polar surface area (TPSA) is 176 Å². The van der Waals surface area contributed by atoms with Crippen LogP contribution in [0.5, 0.6) is 0 Å². The number of rotatable bonds is 4. The Hall–Kier alpha value is -2.05. The number of anilines is 1. The van der Waals surface area contributed by atoms with Gasteiger partial charge in [-0.2, -0.15) is 5.10 Å². The lowest BCUT2D eigenvalue weighted by atomic mass is 10.1. The number of pyridine rings is 1. The van der Waals surface area contributed by atoms with Gasteiger partial charge in [-0.05, 0) is 6.07 Å². The number of hydrazone groups is 1. The van der Waals surface area contributed by atoms with E-state index in [1.807, 2.05) is 0 Å². The summed E-state index contributed by atoms with van der Waals surface area (Å²) in [5, 5.41) is 27.1. The van der Waals surface area contributed by atoms with E-state index in [1.165, 1.54) is 5.01 Å². The molecule has 4 rings (SSSR count). The first kappa shape index (κ1) is 18.3. The molecule has 4 atom stereocenters. The zero-order valence-corrected chi connectivity index (χ0v) is 15.0. The van der Waals surface area contributed by atoms with Crippen molar-refractivity contribution in [2.75, 3.05) is 18.7 Å². The van der Waals surface area contributed by atoms with E-state index in [9.17, 15) is 14.8 Å². The fourth-order valence-corrected chi connectivity index (χ4v) is 3.71. The van der Waals surface area contributed by atoms with Gasteiger partial charge < -0.3 is 35.0 Å². The van der Waals surface area contributed by atoms with Gasteiger partial charge in [-0.3, -0.25) is 4.52 Å². The molecular formula is C14H18N5O7P. The third kappa shape index (κ3) is 3.01. The van der Waals surface area contributed by atoms with Gasteiger partial charge in [0.25, 0.3) is 0 Å². The van der Waals surface area contributed by atoms with Crippen molar-refractivity contribution in [3.05, 3.63) is 24.0 Å². The minimum atomic E-state index is -4.74. The molecule has 2 aliphatic heterocycles. The number of nitrogens with zero attached hydrogens (tertiary/aromatic N) is 4. The molecule has 146 valence electrons. The van der Waals surface area contributed by atoms with Crippen molar-refractivity contribution >= 4 is 30.4 Å². The highest BCUT2D eigenvalue weighted by molar-refractivity contribution is 7.46. The molecule has 2 aromatic heterocycles. The van der Waals surface area contributed by atoms with Crippen LogP contribution in [0.1, 0.15) is 11.8 Å². The third-order valence-electron chi connectivity index (χ3n) is 4.58. The molecule has 13 heteroatoms. The number of amidine groups is 1.